The van der Waals surface area contributed by atoms with E-state index in [9.17, 15) is 18.0 Å². The van der Waals surface area contributed by atoms with Crippen molar-refractivity contribution >= 4 is 17.6 Å². The summed E-state index contributed by atoms with van der Waals surface area (Å²) in [6, 6.07) is 2.26. The normalized spacial score (nSPS) is 14.8. The van der Waals surface area contributed by atoms with Crippen molar-refractivity contribution in [2.24, 2.45) is 5.73 Å². The van der Waals surface area contributed by atoms with Crippen LogP contribution in [0.25, 0.3) is 0 Å². The molecule has 108 valence electrons. The SMILES string of the molecule is N=C(N)c1cc(C(F)(F)F)ccc1NC(=O)NC1CC1. The summed E-state index contributed by atoms with van der Waals surface area (Å²) < 4.78 is 37.8. The Balaban J connectivity index is 2.23. The molecule has 0 radical (unpaired) electrons. The zero-order valence-electron chi connectivity index (χ0n) is 10.3. The molecule has 0 atom stereocenters. The van der Waals surface area contributed by atoms with Crippen molar-refractivity contribution in [1.29, 1.82) is 5.41 Å². The minimum absolute atomic E-state index is 0.0728. The molecule has 0 aromatic heterocycles. The lowest BCUT2D eigenvalue weighted by atomic mass is 10.1. The van der Waals surface area contributed by atoms with Crippen LogP contribution >= 0.6 is 0 Å². The highest BCUT2D eigenvalue weighted by Crippen LogP contribution is 2.31. The lowest BCUT2D eigenvalue weighted by Gasteiger charge is -2.14. The van der Waals surface area contributed by atoms with Gasteiger partial charge in [-0.2, -0.15) is 13.2 Å². The van der Waals surface area contributed by atoms with Gasteiger partial charge in [0.2, 0.25) is 0 Å². The summed E-state index contributed by atoms with van der Waals surface area (Å²) in [4.78, 5) is 11.6. The van der Waals surface area contributed by atoms with Gasteiger partial charge in [-0.25, -0.2) is 4.79 Å². The Labute approximate surface area is 112 Å². The van der Waals surface area contributed by atoms with Crippen molar-refractivity contribution in [3.8, 4) is 0 Å². The topological polar surface area (TPSA) is 91.0 Å². The third-order valence-electron chi connectivity index (χ3n) is 2.80. The van der Waals surface area contributed by atoms with E-state index in [-0.39, 0.29) is 17.3 Å². The number of carbonyl (C=O) groups is 1. The molecule has 20 heavy (non-hydrogen) atoms. The number of alkyl halides is 3. The van der Waals surface area contributed by atoms with Gasteiger partial charge >= 0.3 is 12.2 Å². The first-order chi connectivity index (χ1) is 9.27. The zero-order valence-corrected chi connectivity index (χ0v) is 10.3. The fourth-order valence-electron chi connectivity index (χ4n) is 1.62. The van der Waals surface area contributed by atoms with E-state index in [1.54, 1.807) is 0 Å². The molecule has 0 unspecified atom stereocenters. The minimum atomic E-state index is -4.53. The molecule has 2 rings (SSSR count). The number of benzene rings is 1. The maximum atomic E-state index is 12.6. The fourth-order valence-corrected chi connectivity index (χ4v) is 1.62. The third-order valence-corrected chi connectivity index (χ3v) is 2.80. The van der Waals surface area contributed by atoms with Crippen molar-refractivity contribution < 1.29 is 18.0 Å². The van der Waals surface area contributed by atoms with E-state index < -0.39 is 23.6 Å². The number of halogens is 3. The van der Waals surface area contributed by atoms with Gasteiger partial charge in [0.05, 0.1) is 11.3 Å². The maximum Gasteiger partial charge on any atom is 0.416 e. The van der Waals surface area contributed by atoms with Crippen molar-refractivity contribution in [3.63, 3.8) is 0 Å². The molecule has 1 aromatic carbocycles. The van der Waals surface area contributed by atoms with E-state index in [1.807, 2.05) is 0 Å². The highest BCUT2D eigenvalue weighted by atomic mass is 19.4. The lowest BCUT2D eigenvalue weighted by molar-refractivity contribution is -0.137. The van der Waals surface area contributed by atoms with E-state index in [2.05, 4.69) is 10.6 Å². The van der Waals surface area contributed by atoms with Crippen molar-refractivity contribution in [1.82, 2.24) is 5.32 Å². The number of carbonyl (C=O) groups excluding carboxylic acids is 1. The largest absolute Gasteiger partial charge is 0.416 e. The van der Waals surface area contributed by atoms with Gasteiger partial charge < -0.3 is 16.4 Å². The van der Waals surface area contributed by atoms with Gasteiger partial charge in [0.25, 0.3) is 0 Å². The first-order valence-electron chi connectivity index (χ1n) is 5.90. The van der Waals surface area contributed by atoms with Gasteiger partial charge in [0.1, 0.15) is 5.84 Å². The van der Waals surface area contributed by atoms with Crippen molar-refractivity contribution in [2.45, 2.75) is 25.1 Å². The van der Waals surface area contributed by atoms with Crippen LogP contribution in [0, 0.1) is 5.41 Å². The third kappa shape index (κ3) is 3.40. The quantitative estimate of drug-likeness (QED) is 0.507. The van der Waals surface area contributed by atoms with Gasteiger partial charge in [0, 0.05) is 11.6 Å². The van der Waals surface area contributed by atoms with E-state index in [0.717, 1.165) is 31.0 Å². The number of rotatable bonds is 3. The summed E-state index contributed by atoms with van der Waals surface area (Å²) in [7, 11) is 0. The van der Waals surface area contributed by atoms with Crippen LogP contribution in [0.5, 0.6) is 0 Å². The van der Waals surface area contributed by atoms with E-state index in [4.69, 9.17) is 11.1 Å². The predicted octanol–water partition coefficient (Wildman–Crippen LogP) is 2.27. The lowest BCUT2D eigenvalue weighted by Crippen LogP contribution is -2.31. The summed E-state index contributed by atoms with van der Waals surface area (Å²) in [5.74, 6) is -0.544. The number of amides is 2. The van der Waals surface area contributed by atoms with Crippen LogP contribution < -0.4 is 16.4 Å². The van der Waals surface area contributed by atoms with Crippen LogP contribution in [-0.2, 0) is 6.18 Å². The molecule has 2 amide bonds. The van der Waals surface area contributed by atoms with Crippen LogP contribution in [0.1, 0.15) is 24.0 Å². The van der Waals surface area contributed by atoms with Gasteiger partial charge in [-0.05, 0) is 31.0 Å². The summed E-state index contributed by atoms with van der Waals surface area (Å²) in [6.45, 7) is 0. The molecule has 0 saturated heterocycles. The molecule has 0 spiro atoms. The van der Waals surface area contributed by atoms with E-state index in [1.165, 1.54) is 0 Å². The van der Waals surface area contributed by atoms with Crippen LogP contribution in [0.2, 0.25) is 0 Å². The first-order valence-corrected chi connectivity index (χ1v) is 5.90. The summed E-state index contributed by atoms with van der Waals surface area (Å²) in [6.07, 6.45) is -2.75. The van der Waals surface area contributed by atoms with Gasteiger partial charge in [0.15, 0.2) is 0 Å². The Hall–Kier alpha value is -2.25. The minimum Gasteiger partial charge on any atom is -0.384 e. The van der Waals surface area contributed by atoms with Crippen LogP contribution in [0.15, 0.2) is 18.2 Å². The zero-order chi connectivity index (χ0) is 14.9. The molecular weight excluding hydrogens is 273 g/mol. The smallest absolute Gasteiger partial charge is 0.384 e. The molecule has 1 fully saturated rings. The predicted molar refractivity (Wildman–Crippen MR) is 67.6 cm³/mol. The standard InChI is InChI=1S/C12H13F3N4O/c13-12(14,15)6-1-4-9(8(5-6)10(16)17)19-11(20)18-7-2-3-7/h1,4-5,7H,2-3H2,(H3,16,17)(H2,18,19,20). The van der Waals surface area contributed by atoms with E-state index in [0.29, 0.717) is 0 Å². The van der Waals surface area contributed by atoms with Crippen molar-refractivity contribution in [2.75, 3.05) is 5.32 Å². The van der Waals surface area contributed by atoms with Crippen LogP contribution in [0.4, 0.5) is 23.7 Å². The molecule has 0 heterocycles. The van der Waals surface area contributed by atoms with Crippen LogP contribution in [-0.4, -0.2) is 17.9 Å². The maximum absolute atomic E-state index is 12.6. The highest BCUT2D eigenvalue weighted by molar-refractivity contribution is 6.04. The Morgan fingerprint density at radius 3 is 2.50 bits per heavy atom. The Bertz CT molecular complexity index is 552. The Morgan fingerprint density at radius 2 is 2.00 bits per heavy atom. The fraction of sp³-hybridized carbons (Fsp3) is 0.333. The second-order valence-corrected chi connectivity index (χ2v) is 4.54. The van der Waals surface area contributed by atoms with E-state index >= 15 is 0 Å². The summed E-state index contributed by atoms with van der Waals surface area (Å²) in [5.41, 5.74) is 4.25. The molecule has 0 bridgehead atoms. The number of nitrogens with one attached hydrogen (secondary N) is 3. The summed E-state index contributed by atoms with van der Waals surface area (Å²) in [5, 5.41) is 12.3. The molecular formula is C12H13F3N4O. The van der Waals surface area contributed by atoms with Gasteiger partial charge in [-0.15, -0.1) is 0 Å². The van der Waals surface area contributed by atoms with Crippen molar-refractivity contribution in [3.05, 3.63) is 29.3 Å². The van der Waals surface area contributed by atoms with Gasteiger partial charge in [-0.1, -0.05) is 0 Å². The number of anilines is 1. The number of nitrogens with two attached hydrogens (primary N) is 1. The molecule has 1 aliphatic rings. The molecule has 5 nitrogen and oxygen atoms in total. The molecule has 1 saturated carbocycles. The average molecular weight is 286 g/mol. The monoisotopic (exact) mass is 286 g/mol. The second kappa shape index (κ2) is 5.03. The highest BCUT2D eigenvalue weighted by Gasteiger charge is 2.31. The number of amidine groups is 1. The number of hydrogen-bond donors (Lipinski definition) is 4. The summed E-state index contributed by atoms with van der Waals surface area (Å²) >= 11 is 0. The average Bonchev–Trinajstić information content (AvgIpc) is 3.11. The molecule has 1 aromatic rings. The second-order valence-electron chi connectivity index (χ2n) is 4.54. The Kier molecular flexibility index (Phi) is 3.56. The first kappa shape index (κ1) is 14.2. The van der Waals surface area contributed by atoms with Crippen LogP contribution in [0.3, 0.4) is 0 Å². The number of nitrogen functional groups attached to an aromatic ring is 1. The molecule has 8 heteroatoms. The molecule has 1 aliphatic carbocycles. The number of urea groups is 1. The Morgan fingerprint density at radius 1 is 1.35 bits per heavy atom. The molecule has 0 aliphatic heterocycles. The van der Waals surface area contributed by atoms with Gasteiger partial charge in [-0.3, -0.25) is 5.41 Å². The number of hydrogen-bond acceptors (Lipinski definition) is 2. The molecule has 5 N–H and O–H groups in total.